The van der Waals surface area contributed by atoms with Crippen LogP contribution in [0, 0.1) is 5.82 Å². The lowest BCUT2D eigenvalue weighted by Crippen LogP contribution is -2.41. The normalized spacial score (nSPS) is 14.6. The zero-order valence-corrected chi connectivity index (χ0v) is 16.3. The molecule has 1 aliphatic heterocycles. The highest BCUT2D eigenvalue weighted by molar-refractivity contribution is 5.73. The first kappa shape index (κ1) is 19.1. The van der Waals surface area contributed by atoms with Gasteiger partial charge in [0.1, 0.15) is 5.69 Å². The van der Waals surface area contributed by atoms with Gasteiger partial charge in [0.25, 0.3) is 0 Å². The fourth-order valence-electron chi connectivity index (χ4n) is 3.64. The van der Waals surface area contributed by atoms with Crippen molar-refractivity contribution < 1.29 is 9.18 Å². The van der Waals surface area contributed by atoms with Crippen LogP contribution in [0.15, 0.2) is 60.8 Å². The number of hydrogen-bond donors (Lipinski definition) is 1. The highest BCUT2D eigenvalue weighted by Gasteiger charge is 2.21. The first-order chi connectivity index (χ1) is 14.1. The molecule has 2 aromatic carbocycles. The van der Waals surface area contributed by atoms with Gasteiger partial charge in [-0.05, 0) is 30.0 Å². The molecule has 4 rings (SSSR count). The number of hydrogen-bond acceptors (Lipinski definition) is 4. The van der Waals surface area contributed by atoms with Gasteiger partial charge in [-0.3, -0.25) is 4.79 Å². The second-order valence-electron chi connectivity index (χ2n) is 7.26. The molecule has 0 radical (unpaired) electrons. The van der Waals surface area contributed by atoms with Crippen LogP contribution < -0.4 is 5.32 Å². The van der Waals surface area contributed by atoms with Gasteiger partial charge in [-0.1, -0.05) is 48.5 Å². The van der Waals surface area contributed by atoms with Crippen molar-refractivity contribution in [1.82, 2.24) is 14.9 Å². The first-order valence-corrected chi connectivity index (χ1v) is 9.80. The Kier molecular flexibility index (Phi) is 5.51. The molecule has 1 saturated heterocycles. The van der Waals surface area contributed by atoms with Gasteiger partial charge in [0.05, 0.1) is 6.20 Å². The third-order valence-corrected chi connectivity index (χ3v) is 5.26. The Labute approximate surface area is 169 Å². The molecule has 1 aromatic heterocycles. The largest absolute Gasteiger partial charge is 0.351 e. The maximum atomic E-state index is 14.5. The second kappa shape index (κ2) is 8.39. The van der Waals surface area contributed by atoms with Crippen molar-refractivity contribution in [3.63, 3.8) is 0 Å². The summed E-state index contributed by atoms with van der Waals surface area (Å²) in [6, 6.07) is 17.8. The highest BCUT2D eigenvalue weighted by atomic mass is 19.1. The van der Waals surface area contributed by atoms with E-state index in [1.807, 2.05) is 59.5 Å². The Bertz CT molecular complexity index is 1000. The minimum atomic E-state index is -0.452. The Balaban J connectivity index is 1.54. The molecular weight excluding hydrogens is 367 g/mol. The summed E-state index contributed by atoms with van der Waals surface area (Å²) in [5.41, 5.74) is 3.06. The Hall–Kier alpha value is -3.28. The van der Waals surface area contributed by atoms with E-state index in [0.717, 1.165) is 24.0 Å². The Morgan fingerprint density at radius 3 is 2.45 bits per heavy atom. The van der Waals surface area contributed by atoms with Gasteiger partial charge in [0, 0.05) is 31.6 Å². The van der Waals surface area contributed by atoms with Crippen molar-refractivity contribution in [2.24, 2.45) is 0 Å². The number of carbonyl (C=O) groups excluding carboxylic acids is 1. The van der Waals surface area contributed by atoms with E-state index in [1.54, 1.807) is 6.92 Å². The van der Waals surface area contributed by atoms with E-state index in [-0.39, 0.29) is 17.6 Å². The molecule has 0 aliphatic carbocycles. The van der Waals surface area contributed by atoms with E-state index < -0.39 is 5.82 Å². The van der Waals surface area contributed by atoms with E-state index in [4.69, 9.17) is 0 Å². The number of nitrogens with one attached hydrogen (secondary N) is 1. The van der Waals surface area contributed by atoms with Crippen LogP contribution in [0.5, 0.6) is 0 Å². The Morgan fingerprint density at radius 1 is 1.03 bits per heavy atom. The summed E-state index contributed by atoms with van der Waals surface area (Å²) in [5.74, 6) is 0.0574. The zero-order valence-electron chi connectivity index (χ0n) is 16.3. The molecular formula is C23H23FN4O. The second-order valence-corrected chi connectivity index (χ2v) is 7.26. The van der Waals surface area contributed by atoms with Crippen LogP contribution >= 0.6 is 0 Å². The number of rotatable bonds is 4. The van der Waals surface area contributed by atoms with Crippen LogP contribution in [0.2, 0.25) is 0 Å². The standard InChI is InChI=1S/C23H23FN4O/c1-16(29)28-12-10-20(11-13-28)26-23-25-15-21(24)22(27-23)19-9-5-8-18(14-19)17-6-3-2-4-7-17/h2-9,14-15,20H,10-13H2,1H3,(H,25,26,27). The Morgan fingerprint density at radius 2 is 1.72 bits per heavy atom. The van der Waals surface area contributed by atoms with Gasteiger partial charge in [-0.15, -0.1) is 0 Å². The monoisotopic (exact) mass is 390 g/mol. The van der Waals surface area contributed by atoms with Crippen LogP contribution in [0.4, 0.5) is 10.3 Å². The predicted octanol–water partition coefficient (Wildman–Crippen LogP) is 4.37. The average Bonchev–Trinajstić information content (AvgIpc) is 2.76. The molecule has 6 heteroatoms. The van der Waals surface area contributed by atoms with Gasteiger partial charge in [0.15, 0.2) is 5.82 Å². The fourth-order valence-corrected chi connectivity index (χ4v) is 3.64. The SMILES string of the molecule is CC(=O)N1CCC(Nc2ncc(F)c(-c3cccc(-c4ccccc4)c3)n2)CC1. The topological polar surface area (TPSA) is 58.1 Å². The predicted molar refractivity (Wildman–Crippen MR) is 112 cm³/mol. The van der Waals surface area contributed by atoms with Crippen molar-refractivity contribution >= 4 is 11.9 Å². The summed E-state index contributed by atoms with van der Waals surface area (Å²) < 4.78 is 14.5. The van der Waals surface area contributed by atoms with Gasteiger partial charge in [-0.2, -0.15) is 0 Å². The summed E-state index contributed by atoms with van der Waals surface area (Å²) in [7, 11) is 0. The molecule has 1 N–H and O–H groups in total. The van der Waals surface area contributed by atoms with Crippen LogP contribution in [0.1, 0.15) is 19.8 Å². The molecule has 0 atom stereocenters. The van der Waals surface area contributed by atoms with Gasteiger partial charge >= 0.3 is 0 Å². The number of amides is 1. The third kappa shape index (κ3) is 4.42. The smallest absolute Gasteiger partial charge is 0.223 e. The lowest BCUT2D eigenvalue weighted by Gasteiger charge is -2.31. The van der Waals surface area contributed by atoms with Crippen LogP contribution in [0.3, 0.4) is 0 Å². The average molecular weight is 390 g/mol. The van der Waals surface area contributed by atoms with Crippen molar-refractivity contribution in [2.75, 3.05) is 18.4 Å². The molecule has 148 valence electrons. The van der Waals surface area contributed by atoms with E-state index in [2.05, 4.69) is 15.3 Å². The molecule has 1 fully saturated rings. The first-order valence-electron chi connectivity index (χ1n) is 9.80. The van der Waals surface area contributed by atoms with Crippen LogP contribution in [0.25, 0.3) is 22.4 Å². The molecule has 0 unspecified atom stereocenters. The molecule has 2 heterocycles. The zero-order chi connectivity index (χ0) is 20.2. The number of carbonyl (C=O) groups is 1. The summed E-state index contributed by atoms with van der Waals surface area (Å²) in [6.07, 6.45) is 2.85. The van der Waals surface area contributed by atoms with E-state index in [1.165, 1.54) is 6.20 Å². The molecule has 1 amide bonds. The van der Waals surface area contributed by atoms with Crippen molar-refractivity contribution in [3.05, 3.63) is 66.6 Å². The van der Waals surface area contributed by atoms with Gasteiger partial charge in [-0.25, -0.2) is 14.4 Å². The molecule has 0 bridgehead atoms. The molecule has 0 saturated carbocycles. The number of nitrogens with zero attached hydrogens (tertiary/aromatic N) is 3. The lowest BCUT2D eigenvalue weighted by atomic mass is 10.0. The third-order valence-electron chi connectivity index (χ3n) is 5.26. The number of anilines is 1. The van der Waals surface area contributed by atoms with Gasteiger partial charge in [0.2, 0.25) is 11.9 Å². The number of likely N-dealkylation sites (tertiary alicyclic amines) is 1. The number of aromatic nitrogens is 2. The van der Waals surface area contributed by atoms with Gasteiger partial charge < -0.3 is 10.2 Å². The maximum absolute atomic E-state index is 14.5. The quantitative estimate of drug-likeness (QED) is 0.719. The van der Waals surface area contributed by atoms with E-state index >= 15 is 0 Å². The molecule has 3 aromatic rings. The number of piperidine rings is 1. The van der Waals surface area contributed by atoms with E-state index in [9.17, 15) is 9.18 Å². The molecule has 5 nitrogen and oxygen atoms in total. The molecule has 1 aliphatic rings. The molecule has 29 heavy (non-hydrogen) atoms. The minimum absolute atomic E-state index is 0.0991. The summed E-state index contributed by atoms with van der Waals surface area (Å²) >= 11 is 0. The van der Waals surface area contributed by atoms with Crippen LogP contribution in [-0.2, 0) is 4.79 Å². The summed E-state index contributed by atoms with van der Waals surface area (Å²) in [6.45, 7) is 3.01. The van der Waals surface area contributed by atoms with Crippen molar-refractivity contribution in [2.45, 2.75) is 25.8 Å². The summed E-state index contributed by atoms with van der Waals surface area (Å²) in [4.78, 5) is 21.9. The fraction of sp³-hybridized carbons (Fsp3) is 0.261. The van der Waals surface area contributed by atoms with Crippen molar-refractivity contribution in [3.8, 4) is 22.4 Å². The maximum Gasteiger partial charge on any atom is 0.223 e. The van der Waals surface area contributed by atoms with Crippen LogP contribution in [-0.4, -0.2) is 39.9 Å². The number of benzene rings is 2. The highest BCUT2D eigenvalue weighted by Crippen LogP contribution is 2.27. The minimum Gasteiger partial charge on any atom is -0.351 e. The molecule has 0 spiro atoms. The van der Waals surface area contributed by atoms with E-state index in [0.29, 0.717) is 24.6 Å². The van der Waals surface area contributed by atoms with Crippen molar-refractivity contribution in [1.29, 1.82) is 0 Å². The number of halogens is 1. The lowest BCUT2D eigenvalue weighted by molar-refractivity contribution is -0.129. The summed E-state index contributed by atoms with van der Waals surface area (Å²) in [5, 5.41) is 3.30.